The van der Waals surface area contributed by atoms with E-state index in [1.165, 1.54) is 0 Å². The van der Waals surface area contributed by atoms with Crippen molar-refractivity contribution in [1.82, 2.24) is 0 Å². The molecule has 0 aromatic heterocycles. The predicted octanol–water partition coefficient (Wildman–Crippen LogP) is 0.763. The van der Waals surface area contributed by atoms with Crippen LogP contribution in [0, 0.1) is 0 Å². The summed E-state index contributed by atoms with van der Waals surface area (Å²) >= 11 is 0. The lowest BCUT2D eigenvalue weighted by molar-refractivity contribution is -0.108. The van der Waals surface area contributed by atoms with Crippen molar-refractivity contribution in [3.63, 3.8) is 0 Å². The van der Waals surface area contributed by atoms with Gasteiger partial charge in [-0.25, -0.2) is 0 Å². The van der Waals surface area contributed by atoms with Crippen LogP contribution in [-0.4, -0.2) is 43.0 Å². The molecule has 0 aliphatic heterocycles. The van der Waals surface area contributed by atoms with E-state index in [9.17, 15) is 4.79 Å². The molecule has 0 spiro atoms. The Morgan fingerprint density at radius 1 is 1.23 bits per heavy atom. The summed E-state index contributed by atoms with van der Waals surface area (Å²) in [7, 11) is 2.25. The van der Waals surface area contributed by atoms with Gasteiger partial charge in [0.25, 0.3) is 0 Å². The predicted molar refractivity (Wildman–Crippen MR) is 50.7 cm³/mol. The van der Waals surface area contributed by atoms with Gasteiger partial charge in [-0.3, -0.25) is 0 Å². The molecule has 5 heteroatoms. The second kappa shape index (κ2) is 9.85. The van der Waals surface area contributed by atoms with Gasteiger partial charge in [-0.2, -0.15) is 0 Å². The zero-order valence-corrected chi connectivity index (χ0v) is 9.25. The molecule has 0 aliphatic rings. The molecule has 4 nitrogen and oxygen atoms in total. The molecule has 77 valence electrons. The van der Waals surface area contributed by atoms with Crippen molar-refractivity contribution in [2.24, 2.45) is 0 Å². The quantitative estimate of drug-likeness (QED) is 0.317. The van der Waals surface area contributed by atoms with Gasteiger partial charge in [-0.15, -0.1) is 0 Å². The summed E-state index contributed by atoms with van der Waals surface area (Å²) in [6, 6.07) is 0.915. The number of hydrogen-bond acceptors (Lipinski definition) is 4. The molecule has 0 saturated heterocycles. The maximum Gasteiger partial charge on any atom is 0.384 e. The molecule has 0 fully saturated rings. The standard InChI is InChI=1S/C8H17O4Si/c1-10-13(11-2)8-4-7-12-6-3-5-9/h5H,3-4,6-8H2,1-2H3. The summed E-state index contributed by atoms with van der Waals surface area (Å²) in [6.07, 6.45) is 2.26. The van der Waals surface area contributed by atoms with E-state index in [-0.39, 0.29) is 0 Å². The summed E-state index contributed by atoms with van der Waals surface area (Å²) < 4.78 is 15.4. The zero-order valence-electron chi connectivity index (χ0n) is 8.25. The second-order valence-electron chi connectivity index (χ2n) is 2.45. The molecule has 0 rings (SSSR count). The van der Waals surface area contributed by atoms with E-state index in [0.29, 0.717) is 19.6 Å². The van der Waals surface area contributed by atoms with Gasteiger partial charge in [0.15, 0.2) is 0 Å². The van der Waals surface area contributed by atoms with E-state index in [1.54, 1.807) is 14.2 Å². The van der Waals surface area contributed by atoms with Gasteiger partial charge >= 0.3 is 9.28 Å². The first-order valence-corrected chi connectivity index (χ1v) is 5.82. The fraction of sp³-hybridized carbons (Fsp3) is 0.875. The minimum absolute atomic E-state index is 0.479. The molecule has 0 amide bonds. The number of rotatable bonds is 9. The fourth-order valence-electron chi connectivity index (χ4n) is 0.840. The molecule has 1 radical (unpaired) electrons. The summed E-state index contributed by atoms with van der Waals surface area (Å²) in [5, 5.41) is 0. The molecule has 13 heavy (non-hydrogen) atoms. The van der Waals surface area contributed by atoms with Crippen molar-refractivity contribution in [3.05, 3.63) is 0 Å². The van der Waals surface area contributed by atoms with E-state index < -0.39 is 9.28 Å². The first-order chi connectivity index (χ1) is 6.35. The highest BCUT2D eigenvalue weighted by Crippen LogP contribution is 1.99. The first kappa shape index (κ1) is 12.8. The van der Waals surface area contributed by atoms with Crippen LogP contribution in [0.2, 0.25) is 6.04 Å². The van der Waals surface area contributed by atoms with Crippen LogP contribution in [0.5, 0.6) is 0 Å². The van der Waals surface area contributed by atoms with Gasteiger partial charge in [0.1, 0.15) is 6.29 Å². The SMILES string of the molecule is CO[Si](CCCOCCC=O)OC. The average molecular weight is 205 g/mol. The normalized spacial score (nSPS) is 10.7. The number of hydrogen-bond donors (Lipinski definition) is 0. The first-order valence-electron chi connectivity index (χ1n) is 4.30. The van der Waals surface area contributed by atoms with Gasteiger partial charge < -0.3 is 18.4 Å². The van der Waals surface area contributed by atoms with Crippen molar-refractivity contribution >= 4 is 15.6 Å². The Morgan fingerprint density at radius 3 is 2.46 bits per heavy atom. The number of carbonyl (C=O) groups excluding carboxylic acids is 1. The van der Waals surface area contributed by atoms with E-state index >= 15 is 0 Å². The summed E-state index contributed by atoms with van der Waals surface area (Å²) in [4.78, 5) is 9.92. The second-order valence-corrected chi connectivity index (χ2v) is 4.51. The van der Waals surface area contributed by atoms with Gasteiger partial charge in [-0.1, -0.05) is 0 Å². The average Bonchev–Trinajstić information content (AvgIpc) is 2.17. The highest BCUT2D eigenvalue weighted by molar-refractivity contribution is 6.44. The van der Waals surface area contributed by atoms with Gasteiger partial charge in [0.05, 0.1) is 6.61 Å². The van der Waals surface area contributed by atoms with Crippen LogP contribution in [0.15, 0.2) is 0 Å². The van der Waals surface area contributed by atoms with Crippen LogP contribution in [0.1, 0.15) is 12.8 Å². The Balaban J connectivity index is 3.09. The third-order valence-electron chi connectivity index (χ3n) is 1.50. The zero-order chi connectivity index (χ0) is 9.94. The highest BCUT2D eigenvalue weighted by atomic mass is 28.3. The maximum absolute atomic E-state index is 9.92. The lowest BCUT2D eigenvalue weighted by Gasteiger charge is -2.08. The minimum atomic E-state index is -1.07. The fourth-order valence-corrected chi connectivity index (χ4v) is 1.85. The van der Waals surface area contributed by atoms with Crippen LogP contribution in [-0.2, 0) is 18.4 Å². The van der Waals surface area contributed by atoms with E-state index in [1.807, 2.05) is 0 Å². The molecule has 0 aliphatic carbocycles. The van der Waals surface area contributed by atoms with Gasteiger partial charge in [0, 0.05) is 27.2 Å². The van der Waals surface area contributed by atoms with Crippen LogP contribution in [0.25, 0.3) is 0 Å². The summed E-state index contributed by atoms with van der Waals surface area (Å²) in [5.74, 6) is 0. The Labute approximate surface area is 81.0 Å². The van der Waals surface area contributed by atoms with Gasteiger partial charge in [-0.05, 0) is 12.5 Å². The Hall–Kier alpha value is -0.233. The summed E-state index contributed by atoms with van der Waals surface area (Å²) in [6.45, 7) is 1.19. The highest BCUT2D eigenvalue weighted by Gasteiger charge is 2.10. The van der Waals surface area contributed by atoms with Crippen molar-refractivity contribution < 1.29 is 18.4 Å². The van der Waals surface area contributed by atoms with E-state index in [0.717, 1.165) is 18.8 Å². The Morgan fingerprint density at radius 2 is 1.92 bits per heavy atom. The molecule has 0 saturated carbocycles. The van der Waals surface area contributed by atoms with E-state index in [2.05, 4.69) is 0 Å². The van der Waals surface area contributed by atoms with Crippen LogP contribution >= 0.6 is 0 Å². The molecule has 0 aromatic rings. The summed E-state index contributed by atoms with van der Waals surface area (Å²) in [5.41, 5.74) is 0. The molecule has 0 atom stereocenters. The molecular weight excluding hydrogens is 188 g/mol. The largest absolute Gasteiger partial charge is 0.397 e. The third kappa shape index (κ3) is 8.11. The monoisotopic (exact) mass is 205 g/mol. The molecular formula is C8H17O4Si. The van der Waals surface area contributed by atoms with Crippen molar-refractivity contribution in [2.45, 2.75) is 18.9 Å². The molecule has 0 heterocycles. The third-order valence-corrected chi connectivity index (χ3v) is 3.18. The number of ether oxygens (including phenoxy) is 1. The smallest absolute Gasteiger partial charge is 0.384 e. The van der Waals surface area contributed by atoms with Crippen molar-refractivity contribution in [3.8, 4) is 0 Å². The maximum atomic E-state index is 9.92. The lowest BCUT2D eigenvalue weighted by atomic mass is 10.5. The van der Waals surface area contributed by atoms with Crippen LogP contribution < -0.4 is 0 Å². The lowest BCUT2D eigenvalue weighted by Crippen LogP contribution is -2.19. The topological polar surface area (TPSA) is 44.8 Å². The van der Waals surface area contributed by atoms with Crippen molar-refractivity contribution in [1.29, 1.82) is 0 Å². The molecule has 0 unspecified atom stereocenters. The minimum Gasteiger partial charge on any atom is -0.397 e. The van der Waals surface area contributed by atoms with Gasteiger partial charge in [0.2, 0.25) is 0 Å². The van der Waals surface area contributed by atoms with Crippen LogP contribution in [0.4, 0.5) is 0 Å². The van der Waals surface area contributed by atoms with E-state index in [4.69, 9.17) is 13.6 Å². The Bertz CT molecular complexity index is 117. The molecule has 0 aromatic carbocycles. The van der Waals surface area contributed by atoms with Crippen molar-refractivity contribution in [2.75, 3.05) is 27.4 Å². The van der Waals surface area contributed by atoms with Crippen LogP contribution in [0.3, 0.4) is 0 Å². The molecule has 0 bridgehead atoms. The molecule has 0 N–H and O–H groups in total. The number of aldehydes is 1. The number of carbonyl (C=O) groups is 1. The Kier molecular flexibility index (Phi) is 9.68.